The van der Waals surface area contributed by atoms with Gasteiger partial charge in [-0.2, -0.15) is 0 Å². The van der Waals surface area contributed by atoms with Gasteiger partial charge in [0.25, 0.3) is 5.91 Å². The van der Waals surface area contributed by atoms with E-state index >= 15 is 0 Å². The molecule has 2 aliphatic heterocycles. The third-order valence-corrected chi connectivity index (χ3v) is 7.37. The van der Waals surface area contributed by atoms with E-state index in [9.17, 15) is 13.2 Å². The van der Waals surface area contributed by atoms with Crippen LogP contribution in [-0.2, 0) is 14.6 Å². The molecule has 0 spiro atoms. The lowest BCUT2D eigenvalue weighted by Gasteiger charge is -2.42. The van der Waals surface area contributed by atoms with Crippen LogP contribution in [0.25, 0.3) is 0 Å². The van der Waals surface area contributed by atoms with Crippen molar-refractivity contribution in [3.05, 3.63) is 53.6 Å². The summed E-state index contributed by atoms with van der Waals surface area (Å²) in [6, 6.07) is 13.5. The average molecular weight is 458 g/mol. The maximum absolute atomic E-state index is 13.6. The number of piperazine rings is 1. The second-order valence-electron chi connectivity index (χ2n) is 8.68. The molecule has 0 bridgehead atoms. The number of carbonyl (C=O) groups is 1. The Morgan fingerprint density at radius 1 is 1.00 bits per heavy atom. The topological polar surface area (TPSA) is 70.2 Å². The van der Waals surface area contributed by atoms with Crippen molar-refractivity contribution in [3.8, 4) is 0 Å². The number of benzene rings is 2. The second kappa shape index (κ2) is 9.11. The summed E-state index contributed by atoms with van der Waals surface area (Å²) in [6.07, 6.45) is 1.17. The Kier molecular flexibility index (Phi) is 6.44. The Bertz CT molecular complexity index is 1080. The quantitative estimate of drug-likeness (QED) is 0.703. The van der Waals surface area contributed by atoms with Crippen LogP contribution in [0.2, 0.25) is 0 Å². The van der Waals surface area contributed by atoms with Gasteiger partial charge in [-0.25, -0.2) is 8.42 Å². The zero-order chi connectivity index (χ0) is 22.9. The van der Waals surface area contributed by atoms with Gasteiger partial charge in [-0.15, -0.1) is 0 Å². The molecule has 4 rings (SSSR count). The highest BCUT2D eigenvalue weighted by molar-refractivity contribution is 7.90. The highest BCUT2D eigenvalue weighted by Gasteiger charge is 2.30. The molecule has 2 aromatic carbocycles. The van der Waals surface area contributed by atoms with Crippen LogP contribution in [-0.4, -0.2) is 77.5 Å². The third kappa shape index (κ3) is 4.76. The van der Waals surface area contributed by atoms with Crippen LogP contribution in [0.3, 0.4) is 0 Å². The second-order valence-corrected chi connectivity index (χ2v) is 10.7. The largest absolute Gasteiger partial charge is 0.378 e. The van der Waals surface area contributed by atoms with E-state index in [2.05, 4.69) is 47.9 Å². The number of sulfone groups is 1. The fourth-order valence-electron chi connectivity index (χ4n) is 4.43. The molecule has 172 valence electrons. The SMILES string of the molecule is Cc1ccc(N2CCN(C(=O)c3cc(S(C)(=O)=O)ccc3N3CCOCC3)CC2C)cc1. The summed E-state index contributed by atoms with van der Waals surface area (Å²) in [5, 5.41) is 0. The summed E-state index contributed by atoms with van der Waals surface area (Å²) >= 11 is 0. The van der Waals surface area contributed by atoms with Crippen molar-refractivity contribution in [2.45, 2.75) is 24.8 Å². The normalized spacial score (nSPS) is 19.8. The summed E-state index contributed by atoms with van der Waals surface area (Å²) in [4.78, 5) is 20.1. The monoisotopic (exact) mass is 457 g/mol. The van der Waals surface area contributed by atoms with E-state index in [1.165, 1.54) is 11.8 Å². The molecule has 0 aromatic heterocycles. The van der Waals surface area contributed by atoms with Crippen LogP contribution in [0.5, 0.6) is 0 Å². The molecule has 1 atom stereocenters. The summed E-state index contributed by atoms with van der Waals surface area (Å²) in [5.41, 5.74) is 3.60. The zero-order valence-electron chi connectivity index (χ0n) is 19.0. The van der Waals surface area contributed by atoms with E-state index < -0.39 is 9.84 Å². The maximum atomic E-state index is 13.6. The minimum atomic E-state index is -3.42. The lowest BCUT2D eigenvalue weighted by atomic mass is 10.1. The Balaban J connectivity index is 1.59. The molecular weight excluding hydrogens is 426 g/mol. The van der Waals surface area contributed by atoms with E-state index in [-0.39, 0.29) is 16.8 Å². The van der Waals surface area contributed by atoms with Gasteiger partial charge in [0.1, 0.15) is 0 Å². The lowest BCUT2D eigenvalue weighted by molar-refractivity contribution is 0.0725. The Labute approximate surface area is 190 Å². The van der Waals surface area contributed by atoms with Crippen molar-refractivity contribution in [2.75, 3.05) is 62.0 Å². The number of amides is 1. The van der Waals surface area contributed by atoms with E-state index in [0.717, 1.165) is 17.9 Å². The van der Waals surface area contributed by atoms with Crippen molar-refractivity contribution < 1.29 is 17.9 Å². The smallest absolute Gasteiger partial charge is 0.256 e. The van der Waals surface area contributed by atoms with Gasteiger partial charge in [0.2, 0.25) is 0 Å². The number of anilines is 2. The summed E-state index contributed by atoms with van der Waals surface area (Å²) in [5.74, 6) is -0.118. The summed E-state index contributed by atoms with van der Waals surface area (Å²) in [6.45, 7) is 8.62. The molecule has 2 aromatic rings. The molecule has 7 nitrogen and oxygen atoms in total. The van der Waals surface area contributed by atoms with Gasteiger partial charge in [0.15, 0.2) is 9.84 Å². The first-order valence-corrected chi connectivity index (χ1v) is 12.9. The lowest BCUT2D eigenvalue weighted by Crippen LogP contribution is -2.54. The van der Waals surface area contributed by atoms with Crippen LogP contribution in [0.15, 0.2) is 47.4 Å². The van der Waals surface area contributed by atoms with E-state index in [0.29, 0.717) is 45.0 Å². The minimum Gasteiger partial charge on any atom is -0.378 e. The van der Waals surface area contributed by atoms with Crippen LogP contribution in [0.1, 0.15) is 22.8 Å². The molecule has 1 unspecified atom stereocenters. The molecule has 2 heterocycles. The molecule has 0 saturated carbocycles. The predicted octanol–water partition coefficient (Wildman–Crippen LogP) is 2.59. The Hall–Kier alpha value is -2.58. The van der Waals surface area contributed by atoms with Crippen molar-refractivity contribution in [1.29, 1.82) is 0 Å². The molecule has 2 aliphatic rings. The van der Waals surface area contributed by atoms with Gasteiger partial charge in [0.05, 0.1) is 23.7 Å². The van der Waals surface area contributed by atoms with E-state index in [4.69, 9.17) is 4.74 Å². The molecule has 0 radical (unpaired) electrons. The van der Waals surface area contributed by atoms with Crippen LogP contribution < -0.4 is 9.80 Å². The molecular formula is C24H31N3O4S. The maximum Gasteiger partial charge on any atom is 0.256 e. The van der Waals surface area contributed by atoms with Crippen molar-refractivity contribution in [2.24, 2.45) is 0 Å². The van der Waals surface area contributed by atoms with Crippen molar-refractivity contribution >= 4 is 27.1 Å². The van der Waals surface area contributed by atoms with Gasteiger partial charge in [-0.05, 0) is 44.2 Å². The summed E-state index contributed by atoms with van der Waals surface area (Å²) in [7, 11) is -3.42. The number of hydrogen-bond acceptors (Lipinski definition) is 6. The van der Waals surface area contributed by atoms with Gasteiger partial charge < -0.3 is 19.4 Å². The number of ether oxygens (including phenoxy) is 1. The molecule has 0 N–H and O–H groups in total. The molecule has 1 amide bonds. The van der Waals surface area contributed by atoms with Crippen molar-refractivity contribution in [3.63, 3.8) is 0 Å². The van der Waals surface area contributed by atoms with Gasteiger partial charge in [-0.1, -0.05) is 17.7 Å². The summed E-state index contributed by atoms with van der Waals surface area (Å²) < 4.78 is 29.8. The molecule has 8 heteroatoms. The standard InChI is InChI=1S/C24H31N3O4S/c1-18-4-6-20(7-5-18)27-11-10-26(17-19(27)2)24(28)22-16-21(32(3,29)30)8-9-23(22)25-12-14-31-15-13-25/h4-9,16,19H,10-15,17H2,1-3H3. The average Bonchev–Trinajstić information content (AvgIpc) is 2.79. The van der Waals surface area contributed by atoms with Gasteiger partial charge in [0, 0.05) is 56.4 Å². The number of carbonyl (C=O) groups excluding carboxylic acids is 1. The predicted molar refractivity (Wildman–Crippen MR) is 126 cm³/mol. The first-order valence-electron chi connectivity index (χ1n) is 11.0. The van der Waals surface area contributed by atoms with Crippen LogP contribution in [0.4, 0.5) is 11.4 Å². The number of rotatable bonds is 4. The molecule has 2 fully saturated rings. The highest BCUT2D eigenvalue weighted by atomic mass is 32.2. The highest BCUT2D eigenvalue weighted by Crippen LogP contribution is 2.28. The zero-order valence-corrected chi connectivity index (χ0v) is 19.8. The fraction of sp³-hybridized carbons (Fsp3) is 0.458. The van der Waals surface area contributed by atoms with Crippen molar-refractivity contribution in [1.82, 2.24) is 4.90 Å². The number of nitrogens with zero attached hydrogens (tertiary/aromatic N) is 3. The molecule has 32 heavy (non-hydrogen) atoms. The number of morpholine rings is 1. The first kappa shape index (κ1) is 22.6. The fourth-order valence-corrected chi connectivity index (χ4v) is 5.08. The molecule has 0 aliphatic carbocycles. The minimum absolute atomic E-state index is 0.118. The van der Waals surface area contributed by atoms with Gasteiger partial charge in [-0.3, -0.25) is 4.79 Å². The van der Waals surface area contributed by atoms with Crippen LogP contribution >= 0.6 is 0 Å². The van der Waals surface area contributed by atoms with Crippen LogP contribution in [0, 0.1) is 6.92 Å². The Morgan fingerprint density at radius 2 is 1.69 bits per heavy atom. The molecule has 2 saturated heterocycles. The van der Waals surface area contributed by atoms with E-state index in [1.54, 1.807) is 18.2 Å². The first-order chi connectivity index (χ1) is 15.2. The Morgan fingerprint density at radius 3 is 2.31 bits per heavy atom. The third-order valence-electron chi connectivity index (χ3n) is 6.26. The van der Waals surface area contributed by atoms with E-state index in [1.807, 2.05) is 4.90 Å². The number of aryl methyl sites for hydroxylation is 1. The number of hydrogen-bond donors (Lipinski definition) is 0. The van der Waals surface area contributed by atoms with Gasteiger partial charge >= 0.3 is 0 Å².